The average Bonchev–Trinajstić information content (AvgIpc) is 2.78. The van der Waals surface area contributed by atoms with Crippen LogP contribution in [-0.2, 0) is 16.4 Å². The van der Waals surface area contributed by atoms with E-state index in [0.717, 1.165) is 5.56 Å². The number of rotatable bonds is 5. The molecule has 0 aliphatic carbocycles. The van der Waals surface area contributed by atoms with E-state index in [4.69, 9.17) is 11.6 Å². The minimum atomic E-state index is -3.72. The van der Waals surface area contributed by atoms with Crippen molar-refractivity contribution < 1.29 is 18.1 Å². The molecule has 3 aromatic rings. The summed E-state index contributed by atoms with van der Waals surface area (Å²) in [5.41, 5.74) is 1.20. The zero-order valence-electron chi connectivity index (χ0n) is 16.7. The summed E-state index contributed by atoms with van der Waals surface area (Å²) in [6.07, 6.45) is 1.26. The number of fused-ring (bicyclic) bond motifs is 1. The van der Waals surface area contributed by atoms with Gasteiger partial charge in [-0.15, -0.1) is 0 Å². The summed E-state index contributed by atoms with van der Waals surface area (Å²) in [6, 6.07) is 16.9. The van der Waals surface area contributed by atoms with Gasteiger partial charge in [0.15, 0.2) is 0 Å². The van der Waals surface area contributed by atoms with E-state index >= 15 is 0 Å². The maximum absolute atomic E-state index is 13.1. The molecule has 1 N–H and O–H groups in total. The van der Waals surface area contributed by atoms with Crippen molar-refractivity contribution >= 4 is 44.6 Å². The predicted octanol–water partition coefficient (Wildman–Crippen LogP) is 4.64. The van der Waals surface area contributed by atoms with Crippen molar-refractivity contribution in [1.82, 2.24) is 0 Å². The molecular weight excluding hydrogens is 454 g/mol. The van der Waals surface area contributed by atoms with Gasteiger partial charge in [0.25, 0.3) is 21.6 Å². The number of halogens is 1. The van der Waals surface area contributed by atoms with Gasteiger partial charge in [-0.05, 0) is 60.9 Å². The van der Waals surface area contributed by atoms with Gasteiger partial charge in [0, 0.05) is 23.3 Å². The summed E-state index contributed by atoms with van der Waals surface area (Å²) in [4.78, 5) is 23.5. The van der Waals surface area contributed by atoms with Crippen LogP contribution in [0, 0.1) is 10.1 Å². The Morgan fingerprint density at radius 3 is 2.53 bits per heavy atom. The van der Waals surface area contributed by atoms with E-state index < -0.39 is 20.9 Å². The SMILES string of the molecule is O=C(Nc1ccc2c(c1)CCCN2S(=O)(=O)c1ccccc1)c1cc(Cl)ccc1[N+](=O)[O-]. The molecule has 4 rings (SSSR count). The van der Waals surface area contributed by atoms with E-state index in [0.29, 0.717) is 30.8 Å². The van der Waals surface area contributed by atoms with Crippen LogP contribution in [0.25, 0.3) is 0 Å². The van der Waals surface area contributed by atoms with Crippen molar-refractivity contribution in [2.75, 3.05) is 16.2 Å². The van der Waals surface area contributed by atoms with Crippen LogP contribution in [0.2, 0.25) is 5.02 Å². The van der Waals surface area contributed by atoms with Crippen molar-refractivity contribution in [3.05, 3.63) is 93.0 Å². The van der Waals surface area contributed by atoms with Crippen molar-refractivity contribution in [2.24, 2.45) is 0 Å². The Balaban J connectivity index is 1.63. The van der Waals surface area contributed by atoms with Gasteiger partial charge in [-0.2, -0.15) is 0 Å². The van der Waals surface area contributed by atoms with E-state index in [9.17, 15) is 23.3 Å². The molecule has 0 atom stereocenters. The summed E-state index contributed by atoms with van der Waals surface area (Å²) in [5.74, 6) is -0.677. The molecule has 3 aromatic carbocycles. The van der Waals surface area contributed by atoms with Gasteiger partial charge < -0.3 is 5.32 Å². The zero-order valence-corrected chi connectivity index (χ0v) is 18.3. The molecule has 32 heavy (non-hydrogen) atoms. The molecule has 0 fully saturated rings. The average molecular weight is 472 g/mol. The smallest absolute Gasteiger partial charge is 0.282 e. The van der Waals surface area contributed by atoms with Gasteiger partial charge in [0.2, 0.25) is 0 Å². The summed E-state index contributed by atoms with van der Waals surface area (Å²) >= 11 is 5.91. The highest BCUT2D eigenvalue weighted by Gasteiger charge is 2.29. The number of amides is 1. The van der Waals surface area contributed by atoms with Crippen LogP contribution in [0.3, 0.4) is 0 Å². The van der Waals surface area contributed by atoms with Gasteiger partial charge in [-0.1, -0.05) is 29.8 Å². The highest BCUT2D eigenvalue weighted by Crippen LogP contribution is 2.34. The minimum absolute atomic E-state index is 0.159. The van der Waals surface area contributed by atoms with E-state index in [1.807, 2.05) is 0 Å². The van der Waals surface area contributed by atoms with Gasteiger partial charge in [0.05, 0.1) is 15.5 Å². The first kappa shape index (κ1) is 21.8. The fourth-order valence-electron chi connectivity index (χ4n) is 3.66. The van der Waals surface area contributed by atoms with Crippen LogP contribution in [-0.4, -0.2) is 25.8 Å². The first-order valence-electron chi connectivity index (χ1n) is 9.73. The van der Waals surface area contributed by atoms with Crippen LogP contribution >= 0.6 is 11.6 Å². The molecule has 8 nitrogen and oxygen atoms in total. The van der Waals surface area contributed by atoms with Crippen molar-refractivity contribution in [3.63, 3.8) is 0 Å². The van der Waals surface area contributed by atoms with E-state index in [1.54, 1.807) is 48.5 Å². The van der Waals surface area contributed by atoms with Crippen molar-refractivity contribution in [3.8, 4) is 0 Å². The second kappa shape index (κ2) is 8.60. The number of anilines is 2. The van der Waals surface area contributed by atoms with Crippen LogP contribution in [0.1, 0.15) is 22.3 Å². The van der Waals surface area contributed by atoms with Gasteiger partial charge in [-0.3, -0.25) is 19.2 Å². The number of sulfonamides is 1. The Bertz CT molecular complexity index is 1310. The summed E-state index contributed by atoms with van der Waals surface area (Å²) in [7, 11) is -3.72. The van der Waals surface area contributed by atoms with Gasteiger partial charge >= 0.3 is 0 Å². The van der Waals surface area contributed by atoms with Gasteiger partial charge in [0.1, 0.15) is 5.56 Å². The largest absolute Gasteiger partial charge is 0.322 e. The number of nitrogens with zero attached hydrogens (tertiary/aromatic N) is 2. The van der Waals surface area contributed by atoms with Crippen LogP contribution < -0.4 is 9.62 Å². The molecule has 164 valence electrons. The molecule has 0 radical (unpaired) electrons. The lowest BCUT2D eigenvalue weighted by atomic mass is 10.0. The first-order chi connectivity index (χ1) is 15.3. The van der Waals surface area contributed by atoms with Crippen molar-refractivity contribution in [1.29, 1.82) is 0 Å². The fraction of sp³-hybridized carbons (Fsp3) is 0.136. The summed E-state index contributed by atoms with van der Waals surface area (Å²) < 4.78 is 27.6. The number of nitrogens with one attached hydrogen (secondary N) is 1. The molecule has 1 aliphatic heterocycles. The number of hydrogen-bond acceptors (Lipinski definition) is 5. The Labute approximate surface area is 189 Å². The van der Waals surface area contributed by atoms with Crippen LogP contribution in [0.4, 0.5) is 17.1 Å². The monoisotopic (exact) mass is 471 g/mol. The maximum atomic E-state index is 13.1. The third-order valence-corrected chi connectivity index (χ3v) is 7.21. The number of aryl methyl sites for hydroxylation is 1. The lowest BCUT2D eigenvalue weighted by Crippen LogP contribution is -2.35. The molecule has 0 saturated carbocycles. The minimum Gasteiger partial charge on any atom is -0.322 e. The Kier molecular flexibility index (Phi) is 5.86. The quantitative estimate of drug-likeness (QED) is 0.430. The maximum Gasteiger partial charge on any atom is 0.282 e. The molecule has 10 heteroatoms. The molecule has 0 aromatic heterocycles. The second-order valence-electron chi connectivity index (χ2n) is 7.21. The van der Waals surface area contributed by atoms with E-state index in [-0.39, 0.29) is 21.2 Å². The topological polar surface area (TPSA) is 110 Å². The number of hydrogen-bond donors (Lipinski definition) is 1. The molecule has 0 bridgehead atoms. The number of carbonyl (C=O) groups is 1. The number of nitro groups is 1. The standard InChI is InChI=1S/C22H18ClN3O5S/c23-16-8-10-21(26(28)29)19(14-16)22(27)24-17-9-11-20-15(13-17)5-4-12-25(20)32(30,31)18-6-2-1-3-7-18/h1-3,6-11,13-14H,4-5,12H2,(H,24,27). The summed E-state index contributed by atoms with van der Waals surface area (Å²) in [5, 5.41) is 14.1. The highest BCUT2D eigenvalue weighted by atomic mass is 35.5. The number of carbonyl (C=O) groups excluding carboxylic acids is 1. The molecule has 0 saturated heterocycles. The zero-order chi connectivity index (χ0) is 22.9. The normalized spacial score (nSPS) is 13.3. The number of nitro benzene ring substituents is 1. The molecule has 0 spiro atoms. The Hall–Kier alpha value is -3.43. The first-order valence-corrected chi connectivity index (χ1v) is 11.6. The Morgan fingerprint density at radius 2 is 1.81 bits per heavy atom. The third kappa shape index (κ3) is 4.17. The highest BCUT2D eigenvalue weighted by molar-refractivity contribution is 7.92. The fourth-order valence-corrected chi connectivity index (χ4v) is 5.39. The van der Waals surface area contributed by atoms with E-state index in [1.165, 1.54) is 22.5 Å². The Morgan fingerprint density at radius 1 is 1.06 bits per heavy atom. The lowest BCUT2D eigenvalue weighted by Gasteiger charge is -2.30. The molecule has 1 heterocycles. The molecular formula is C22H18ClN3O5S. The van der Waals surface area contributed by atoms with E-state index in [2.05, 4.69) is 5.32 Å². The second-order valence-corrected chi connectivity index (χ2v) is 9.51. The third-order valence-electron chi connectivity index (χ3n) is 5.14. The molecule has 0 unspecified atom stereocenters. The predicted molar refractivity (Wildman–Crippen MR) is 122 cm³/mol. The van der Waals surface area contributed by atoms with Gasteiger partial charge in [-0.25, -0.2) is 8.42 Å². The summed E-state index contributed by atoms with van der Waals surface area (Å²) in [6.45, 7) is 0.352. The molecule has 1 amide bonds. The lowest BCUT2D eigenvalue weighted by molar-refractivity contribution is -0.385. The van der Waals surface area contributed by atoms with Crippen LogP contribution in [0.15, 0.2) is 71.6 Å². The molecule has 1 aliphatic rings. The van der Waals surface area contributed by atoms with Crippen LogP contribution in [0.5, 0.6) is 0 Å². The number of benzene rings is 3. The van der Waals surface area contributed by atoms with Crippen molar-refractivity contribution in [2.45, 2.75) is 17.7 Å².